The fourth-order valence-electron chi connectivity index (χ4n) is 2.55. The van der Waals surface area contributed by atoms with Crippen molar-refractivity contribution in [2.75, 3.05) is 12.4 Å². The molecule has 2 saturated carbocycles. The maximum Gasteiger partial charge on any atom is 0.251 e. The van der Waals surface area contributed by atoms with Gasteiger partial charge < -0.3 is 10.6 Å². The number of hydrogen-bond donors (Lipinski definition) is 2. The third-order valence-electron chi connectivity index (χ3n) is 3.99. The van der Waals surface area contributed by atoms with Crippen LogP contribution in [0.25, 0.3) is 0 Å². The Morgan fingerprint density at radius 2 is 1.67 bits per heavy atom. The summed E-state index contributed by atoms with van der Waals surface area (Å²) in [5.74, 6) is 1.58. The number of hydrogen-bond acceptors (Lipinski definition) is 2. The summed E-state index contributed by atoms with van der Waals surface area (Å²) in [7, 11) is 1.88. The van der Waals surface area contributed by atoms with E-state index in [4.69, 9.17) is 0 Å². The number of anilines is 1. The summed E-state index contributed by atoms with van der Waals surface area (Å²) >= 11 is 0. The van der Waals surface area contributed by atoms with Gasteiger partial charge in [0.15, 0.2) is 0 Å². The van der Waals surface area contributed by atoms with Gasteiger partial charge in [0.1, 0.15) is 0 Å². The highest BCUT2D eigenvalue weighted by molar-refractivity contribution is 5.94. The number of carbonyl (C=O) groups excluding carboxylic acids is 1. The number of carbonyl (C=O) groups is 1. The Hall–Kier alpha value is -1.51. The first kappa shape index (κ1) is 11.6. The van der Waals surface area contributed by atoms with Crippen LogP contribution < -0.4 is 10.6 Å². The molecule has 0 radical (unpaired) electrons. The normalized spacial score (nSPS) is 18.8. The molecule has 0 saturated heterocycles. The van der Waals surface area contributed by atoms with Gasteiger partial charge in [-0.25, -0.2) is 0 Å². The smallest absolute Gasteiger partial charge is 0.251 e. The minimum absolute atomic E-state index is 0.0847. The van der Waals surface area contributed by atoms with E-state index >= 15 is 0 Å². The molecule has 18 heavy (non-hydrogen) atoms. The summed E-state index contributed by atoms with van der Waals surface area (Å²) in [5.41, 5.74) is 1.80. The molecule has 1 aromatic carbocycles. The zero-order chi connectivity index (χ0) is 12.5. The van der Waals surface area contributed by atoms with Crippen LogP contribution in [-0.4, -0.2) is 19.0 Å². The van der Waals surface area contributed by atoms with E-state index in [2.05, 4.69) is 10.6 Å². The van der Waals surface area contributed by atoms with Crippen LogP contribution in [0.4, 0.5) is 5.69 Å². The molecule has 2 aliphatic rings. The lowest BCUT2D eigenvalue weighted by Crippen LogP contribution is -2.38. The highest BCUT2D eigenvalue weighted by atomic mass is 16.1. The Morgan fingerprint density at radius 3 is 2.11 bits per heavy atom. The molecule has 1 amide bonds. The van der Waals surface area contributed by atoms with Crippen LogP contribution in [-0.2, 0) is 0 Å². The van der Waals surface area contributed by atoms with Crippen molar-refractivity contribution in [2.45, 2.75) is 31.7 Å². The molecule has 0 bridgehead atoms. The maximum absolute atomic E-state index is 12.2. The van der Waals surface area contributed by atoms with Crippen molar-refractivity contribution in [1.82, 2.24) is 5.32 Å². The molecule has 0 heterocycles. The molecule has 0 atom stereocenters. The third kappa shape index (κ3) is 2.50. The van der Waals surface area contributed by atoms with Gasteiger partial charge in [-0.3, -0.25) is 4.79 Å². The van der Waals surface area contributed by atoms with Crippen LogP contribution in [0.1, 0.15) is 36.0 Å². The van der Waals surface area contributed by atoms with Gasteiger partial charge in [0.2, 0.25) is 0 Å². The van der Waals surface area contributed by atoms with E-state index in [1.165, 1.54) is 25.7 Å². The molecule has 0 aromatic heterocycles. The number of amides is 1. The van der Waals surface area contributed by atoms with Crippen LogP contribution in [0.5, 0.6) is 0 Å². The summed E-state index contributed by atoms with van der Waals surface area (Å²) in [6.45, 7) is 0. The lowest BCUT2D eigenvalue weighted by Gasteiger charge is -2.17. The van der Waals surface area contributed by atoms with Gasteiger partial charge in [0.25, 0.3) is 5.91 Å². The summed E-state index contributed by atoms with van der Waals surface area (Å²) in [6, 6.07) is 8.09. The van der Waals surface area contributed by atoms with Gasteiger partial charge >= 0.3 is 0 Å². The van der Waals surface area contributed by atoms with E-state index in [0.29, 0.717) is 6.04 Å². The minimum atomic E-state index is 0.0847. The Bertz CT molecular complexity index is 420. The van der Waals surface area contributed by atoms with Crippen LogP contribution in [0.2, 0.25) is 0 Å². The third-order valence-corrected chi connectivity index (χ3v) is 3.99. The van der Waals surface area contributed by atoms with Crippen LogP contribution in [0.15, 0.2) is 24.3 Å². The summed E-state index contributed by atoms with van der Waals surface area (Å²) < 4.78 is 0. The van der Waals surface area contributed by atoms with Gasteiger partial charge in [-0.15, -0.1) is 0 Å². The molecule has 2 N–H and O–H groups in total. The SMILES string of the molecule is CNc1ccc(C(=O)NC(C2CC2)C2CC2)cc1. The first-order chi connectivity index (χ1) is 8.78. The Morgan fingerprint density at radius 1 is 1.11 bits per heavy atom. The first-order valence-corrected chi connectivity index (χ1v) is 6.86. The minimum Gasteiger partial charge on any atom is -0.388 e. The van der Waals surface area contributed by atoms with Crippen molar-refractivity contribution in [3.63, 3.8) is 0 Å². The molecule has 1 aromatic rings. The number of rotatable bonds is 5. The molecule has 3 rings (SSSR count). The van der Waals surface area contributed by atoms with Crippen molar-refractivity contribution >= 4 is 11.6 Å². The number of benzene rings is 1. The average Bonchev–Trinajstić information content (AvgIpc) is 3.29. The zero-order valence-corrected chi connectivity index (χ0v) is 10.8. The molecule has 3 nitrogen and oxygen atoms in total. The molecule has 96 valence electrons. The van der Waals surface area contributed by atoms with Gasteiger partial charge in [-0.05, 0) is 61.8 Å². The first-order valence-electron chi connectivity index (χ1n) is 6.86. The molecular formula is C15H20N2O. The lowest BCUT2D eigenvalue weighted by atomic mass is 10.1. The van der Waals surface area contributed by atoms with Crippen molar-refractivity contribution in [3.8, 4) is 0 Å². The van der Waals surface area contributed by atoms with Gasteiger partial charge in [-0.2, -0.15) is 0 Å². The monoisotopic (exact) mass is 244 g/mol. The zero-order valence-electron chi connectivity index (χ0n) is 10.8. The fraction of sp³-hybridized carbons (Fsp3) is 0.533. The van der Waals surface area contributed by atoms with Crippen LogP contribution in [0.3, 0.4) is 0 Å². The van der Waals surface area contributed by atoms with E-state index in [1.807, 2.05) is 31.3 Å². The standard InChI is InChI=1S/C15H20N2O/c1-16-13-8-6-12(7-9-13)15(18)17-14(10-2-3-10)11-4-5-11/h6-11,14,16H,2-5H2,1H3,(H,17,18). The molecule has 2 aliphatic carbocycles. The fourth-order valence-corrected chi connectivity index (χ4v) is 2.55. The predicted octanol–water partition coefficient (Wildman–Crippen LogP) is 2.65. The molecule has 0 aliphatic heterocycles. The van der Waals surface area contributed by atoms with Crippen molar-refractivity contribution in [3.05, 3.63) is 29.8 Å². The van der Waals surface area contributed by atoms with Crippen molar-refractivity contribution < 1.29 is 4.79 Å². The topological polar surface area (TPSA) is 41.1 Å². The highest BCUT2D eigenvalue weighted by Crippen LogP contribution is 2.44. The maximum atomic E-state index is 12.2. The van der Waals surface area contributed by atoms with E-state index in [9.17, 15) is 4.79 Å². The van der Waals surface area contributed by atoms with Crippen LogP contribution >= 0.6 is 0 Å². The molecule has 0 spiro atoms. The Balaban J connectivity index is 1.65. The molecule has 2 fully saturated rings. The Labute approximate surface area is 108 Å². The molecule has 0 unspecified atom stereocenters. The van der Waals surface area contributed by atoms with E-state index in [0.717, 1.165) is 23.1 Å². The summed E-state index contributed by atoms with van der Waals surface area (Å²) in [4.78, 5) is 12.2. The number of nitrogens with one attached hydrogen (secondary N) is 2. The lowest BCUT2D eigenvalue weighted by molar-refractivity contribution is 0.0926. The average molecular weight is 244 g/mol. The molecule has 3 heteroatoms. The predicted molar refractivity (Wildman–Crippen MR) is 72.7 cm³/mol. The van der Waals surface area contributed by atoms with E-state index < -0.39 is 0 Å². The summed E-state index contributed by atoms with van der Waals surface area (Å²) in [6.07, 6.45) is 5.17. The second-order valence-corrected chi connectivity index (χ2v) is 5.50. The largest absolute Gasteiger partial charge is 0.388 e. The second kappa shape index (κ2) is 4.63. The van der Waals surface area contributed by atoms with E-state index in [-0.39, 0.29) is 5.91 Å². The second-order valence-electron chi connectivity index (χ2n) is 5.50. The van der Waals surface area contributed by atoms with Gasteiger partial charge in [-0.1, -0.05) is 0 Å². The van der Waals surface area contributed by atoms with Crippen LogP contribution in [0, 0.1) is 11.8 Å². The van der Waals surface area contributed by atoms with Gasteiger partial charge in [0, 0.05) is 24.3 Å². The summed E-state index contributed by atoms with van der Waals surface area (Å²) in [5, 5.41) is 6.29. The van der Waals surface area contributed by atoms with Gasteiger partial charge in [0.05, 0.1) is 0 Å². The molecular weight excluding hydrogens is 224 g/mol. The highest BCUT2D eigenvalue weighted by Gasteiger charge is 2.42. The quantitative estimate of drug-likeness (QED) is 0.836. The Kier molecular flexibility index (Phi) is 2.98. The van der Waals surface area contributed by atoms with Crippen molar-refractivity contribution in [2.24, 2.45) is 11.8 Å². The van der Waals surface area contributed by atoms with E-state index in [1.54, 1.807) is 0 Å². The van der Waals surface area contributed by atoms with Crippen molar-refractivity contribution in [1.29, 1.82) is 0 Å².